The van der Waals surface area contributed by atoms with Crippen molar-refractivity contribution in [3.63, 3.8) is 0 Å². The minimum absolute atomic E-state index is 0.0794. The summed E-state index contributed by atoms with van der Waals surface area (Å²) in [6, 6.07) is 15.4. The number of rotatable bonds is 8. The number of hydrogen-bond donors (Lipinski definition) is 0. The lowest BCUT2D eigenvalue weighted by Crippen LogP contribution is -2.51. The summed E-state index contributed by atoms with van der Waals surface area (Å²) in [6.45, 7) is 3.65. The number of likely N-dealkylation sites (tertiary alicyclic amines) is 1. The fourth-order valence-corrected chi connectivity index (χ4v) is 5.31. The topological polar surface area (TPSA) is 83.1 Å². The molecule has 37 heavy (non-hydrogen) atoms. The first-order valence-electron chi connectivity index (χ1n) is 12.9. The number of carbonyl (C=O) groups is 3. The first-order chi connectivity index (χ1) is 18.1. The van der Waals surface area contributed by atoms with Gasteiger partial charge in [0.15, 0.2) is 0 Å². The fourth-order valence-electron chi connectivity index (χ4n) is 5.31. The van der Waals surface area contributed by atoms with Crippen LogP contribution in [0.4, 0.5) is 5.82 Å². The summed E-state index contributed by atoms with van der Waals surface area (Å²) in [5.41, 5.74) is 0.892. The number of benzene rings is 1. The van der Waals surface area contributed by atoms with Crippen LogP contribution in [-0.4, -0.2) is 77.9 Å². The Morgan fingerprint density at radius 2 is 1.59 bits per heavy atom. The Balaban J connectivity index is 1.25. The number of ether oxygens (including phenoxy) is 1. The Hall–Kier alpha value is -3.78. The average Bonchev–Trinajstić information content (AvgIpc) is 3.18. The molecule has 1 unspecified atom stereocenters. The van der Waals surface area contributed by atoms with Crippen molar-refractivity contribution in [3.8, 4) is 0 Å². The van der Waals surface area contributed by atoms with Crippen LogP contribution in [0.1, 0.15) is 18.4 Å². The zero-order valence-corrected chi connectivity index (χ0v) is 20.8. The van der Waals surface area contributed by atoms with E-state index in [0.29, 0.717) is 19.4 Å². The Bertz CT molecular complexity index is 1130. The molecule has 0 spiro atoms. The molecule has 2 aliphatic heterocycles. The first-order valence-corrected chi connectivity index (χ1v) is 12.9. The van der Waals surface area contributed by atoms with Gasteiger partial charge in [0.1, 0.15) is 11.9 Å². The Morgan fingerprint density at radius 3 is 2.24 bits per heavy atom. The van der Waals surface area contributed by atoms with Crippen molar-refractivity contribution in [2.75, 3.05) is 44.2 Å². The van der Waals surface area contributed by atoms with Crippen molar-refractivity contribution in [2.45, 2.75) is 18.9 Å². The van der Waals surface area contributed by atoms with Crippen LogP contribution in [0, 0.1) is 11.8 Å². The van der Waals surface area contributed by atoms with Gasteiger partial charge in [0, 0.05) is 45.0 Å². The Kier molecular flexibility index (Phi) is 7.75. The Morgan fingerprint density at radius 1 is 0.919 bits per heavy atom. The summed E-state index contributed by atoms with van der Waals surface area (Å²) in [4.78, 5) is 49.1. The van der Waals surface area contributed by atoms with E-state index in [4.69, 9.17) is 4.74 Å². The summed E-state index contributed by atoms with van der Waals surface area (Å²) < 4.78 is 5.84. The molecule has 2 fully saturated rings. The number of piperazine rings is 1. The van der Waals surface area contributed by atoms with E-state index in [1.54, 1.807) is 12.3 Å². The number of pyridine rings is 1. The smallest absolute Gasteiger partial charge is 0.331 e. The third-order valence-corrected chi connectivity index (χ3v) is 7.29. The summed E-state index contributed by atoms with van der Waals surface area (Å²) in [6.07, 6.45) is 9.41. The molecule has 0 N–H and O–H groups in total. The second-order valence-electron chi connectivity index (χ2n) is 9.72. The van der Waals surface area contributed by atoms with Gasteiger partial charge in [-0.15, -0.1) is 0 Å². The number of carbonyl (C=O) groups excluding carboxylic acids is 3. The molecular weight excluding hydrogens is 468 g/mol. The largest absolute Gasteiger partial charge is 0.456 e. The maximum absolute atomic E-state index is 13.1. The van der Waals surface area contributed by atoms with Crippen molar-refractivity contribution in [1.29, 1.82) is 0 Å². The van der Waals surface area contributed by atoms with Gasteiger partial charge in [-0.25, -0.2) is 9.78 Å². The van der Waals surface area contributed by atoms with Gasteiger partial charge in [0.25, 0.3) is 0 Å². The summed E-state index contributed by atoms with van der Waals surface area (Å²) in [5.74, 6) is -0.442. The zero-order chi connectivity index (χ0) is 25.6. The monoisotopic (exact) mass is 500 g/mol. The zero-order valence-electron chi connectivity index (χ0n) is 20.8. The number of hydrogen-bond acceptors (Lipinski definition) is 7. The third-order valence-electron chi connectivity index (χ3n) is 7.29. The molecule has 0 saturated carbocycles. The Labute approximate surface area is 217 Å². The van der Waals surface area contributed by atoms with E-state index in [0.717, 1.165) is 37.6 Å². The van der Waals surface area contributed by atoms with E-state index in [-0.39, 0.29) is 30.2 Å². The number of imide groups is 1. The second kappa shape index (κ2) is 11.5. The lowest BCUT2D eigenvalue weighted by atomic mass is 9.85. The van der Waals surface area contributed by atoms with E-state index in [9.17, 15) is 14.4 Å². The number of aromatic nitrogens is 1. The van der Waals surface area contributed by atoms with E-state index in [1.807, 2.05) is 60.7 Å². The van der Waals surface area contributed by atoms with Gasteiger partial charge in [0.2, 0.25) is 11.8 Å². The minimum Gasteiger partial charge on any atom is -0.456 e. The molecule has 0 bridgehead atoms. The standard InChI is InChI=1S/C29H32N4O4/c34-27(14-13-22-8-2-1-3-9-22)37-23(21-33-28(35)24-10-4-5-11-25(24)29(33)36)20-31-16-18-32(19-17-31)26-12-6-7-15-30-26/h1-9,12-15,23-25H,10-11,16-21H2/t23?,24-,25+. The summed E-state index contributed by atoms with van der Waals surface area (Å²) in [7, 11) is 0. The molecule has 2 saturated heterocycles. The van der Waals surface area contributed by atoms with Gasteiger partial charge >= 0.3 is 5.97 Å². The van der Waals surface area contributed by atoms with Crippen molar-refractivity contribution >= 4 is 29.7 Å². The molecule has 3 aliphatic rings. The lowest BCUT2D eigenvalue weighted by molar-refractivity contribution is -0.151. The molecule has 1 aliphatic carbocycles. The van der Waals surface area contributed by atoms with Gasteiger partial charge in [-0.3, -0.25) is 19.4 Å². The fraction of sp³-hybridized carbons (Fsp3) is 0.379. The highest BCUT2D eigenvalue weighted by atomic mass is 16.5. The average molecular weight is 501 g/mol. The SMILES string of the molecule is O=C(C=Cc1ccccc1)OC(CN1CCN(c2ccccn2)CC1)CN1C(=O)[C@H]2CC=CC[C@H]2C1=O. The van der Waals surface area contributed by atoms with Crippen LogP contribution < -0.4 is 4.90 Å². The maximum Gasteiger partial charge on any atom is 0.331 e. The third kappa shape index (κ3) is 5.97. The molecule has 1 aromatic carbocycles. The van der Waals surface area contributed by atoms with E-state index in [1.165, 1.54) is 11.0 Å². The number of nitrogens with zero attached hydrogens (tertiary/aromatic N) is 4. The van der Waals surface area contributed by atoms with Crippen LogP contribution in [0.15, 0.2) is 73.0 Å². The van der Waals surface area contributed by atoms with Gasteiger partial charge in [0.05, 0.1) is 18.4 Å². The number of anilines is 1. The molecular formula is C29H32N4O4. The molecule has 192 valence electrons. The first kappa shape index (κ1) is 24.9. The number of fused-ring (bicyclic) bond motifs is 1. The molecule has 1 aromatic heterocycles. The molecule has 8 nitrogen and oxygen atoms in total. The van der Waals surface area contributed by atoms with Gasteiger partial charge in [-0.05, 0) is 36.6 Å². The molecule has 0 radical (unpaired) electrons. The quantitative estimate of drug-likeness (QED) is 0.239. The molecule has 3 atom stereocenters. The van der Waals surface area contributed by atoms with E-state index < -0.39 is 12.1 Å². The summed E-state index contributed by atoms with van der Waals surface area (Å²) >= 11 is 0. The molecule has 2 aromatic rings. The number of allylic oxidation sites excluding steroid dienone is 2. The van der Waals surface area contributed by atoms with Crippen molar-refractivity contribution in [2.24, 2.45) is 11.8 Å². The predicted octanol–water partition coefficient (Wildman–Crippen LogP) is 2.78. The molecule has 2 amide bonds. The van der Waals surface area contributed by atoms with Crippen molar-refractivity contribution in [1.82, 2.24) is 14.8 Å². The maximum atomic E-state index is 13.1. The second-order valence-corrected chi connectivity index (χ2v) is 9.72. The van der Waals surface area contributed by atoms with Crippen LogP contribution in [0.2, 0.25) is 0 Å². The van der Waals surface area contributed by atoms with Gasteiger partial charge in [-0.2, -0.15) is 0 Å². The lowest BCUT2D eigenvalue weighted by Gasteiger charge is -2.37. The van der Waals surface area contributed by atoms with Crippen LogP contribution in [0.5, 0.6) is 0 Å². The number of amides is 2. The van der Waals surface area contributed by atoms with E-state index >= 15 is 0 Å². The highest BCUT2D eigenvalue weighted by Crippen LogP contribution is 2.35. The van der Waals surface area contributed by atoms with Crippen LogP contribution in [0.3, 0.4) is 0 Å². The molecule has 5 rings (SSSR count). The normalized spacial score (nSPS) is 22.9. The van der Waals surface area contributed by atoms with E-state index in [2.05, 4.69) is 14.8 Å². The highest BCUT2D eigenvalue weighted by molar-refractivity contribution is 6.05. The predicted molar refractivity (Wildman–Crippen MR) is 140 cm³/mol. The van der Waals surface area contributed by atoms with Gasteiger partial charge < -0.3 is 9.64 Å². The minimum atomic E-state index is -0.615. The van der Waals surface area contributed by atoms with Crippen molar-refractivity contribution < 1.29 is 19.1 Å². The van der Waals surface area contributed by atoms with Crippen LogP contribution in [0.25, 0.3) is 6.08 Å². The summed E-state index contributed by atoms with van der Waals surface area (Å²) in [5, 5.41) is 0. The number of esters is 1. The van der Waals surface area contributed by atoms with Gasteiger partial charge in [-0.1, -0.05) is 48.6 Å². The molecule has 3 heterocycles. The van der Waals surface area contributed by atoms with Crippen LogP contribution >= 0.6 is 0 Å². The molecule has 8 heteroatoms. The highest BCUT2D eigenvalue weighted by Gasteiger charge is 2.48. The van der Waals surface area contributed by atoms with Crippen molar-refractivity contribution in [3.05, 3.63) is 78.5 Å². The van der Waals surface area contributed by atoms with Crippen LogP contribution in [-0.2, 0) is 19.1 Å².